The summed E-state index contributed by atoms with van der Waals surface area (Å²) in [5.74, 6) is 0.792. The average molecular weight is 258 g/mol. The van der Waals surface area contributed by atoms with Gasteiger partial charge in [-0.25, -0.2) is 0 Å². The average Bonchev–Trinajstić information content (AvgIpc) is 2.47. The van der Waals surface area contributed by atoms with Gasteiger partial charge in [0.1, 0.15) is 0 Å². The molecule has 2 rings (SSSR count). The highest BCUT2D eigenvalue weighted by Crippen LogP contribution is 2.42. The quantitative estimate of drug-likeness (QED) is 0.837. The zero-order valence-electron chi connectivity index (χ0n) is 8.17. The Morgan fingerprint density at radius 2 is 2.21 bits per heavy atom. The minimum absolute atomic E-state index is 0.265. The Bertz CT molecular complexity index is 379. The number of phenols is 1. The Morgan fingerprint density at radius 1 is 1.50 bits per heavy atom. The van der Waals surface area contributed by atoms with Crippen LogP contribution in [0.1, 0.15) is 11.1 Å². The van der Waals surface area contributed by atoms with Gasteiger partial charge in [-0.1, -0.05) is 0 Å². The van der Waals surface area contributed by atoms with Crippen molar-refractivity contribution in [3.8, 4) is 11.5 Å². The van der Waals surface area contributed by atoms with Crippen LogP contribution in [0.25, 0.3) is 0 Å². The molecule has 0 spiro atoms. The molecule has 0 aromatic heterocycles. The van der Waals surface area contributed by atoms with Crippen LogP contribution in [-0.2, 0) is 13.1 Å². The molecule has 0 aliphatic carbocycles. The number of hydrogen-bond acceptors (Lipinski definition) is 3. The van der Waals surface area contributed by atoms with Crippen molar-refractivity contribution in [1.29, 1.82) is 0 Å². The van der Waals surface area contributed by atoms with Crippen molar-refractivity contribution >= 4 is 15.9 Å². The summed E-state index contributed by atoms with van der Waals surface area (Å²) in [5.41, 5.74) is 2.14. The van der Waals surface area contributed by atoms with Gasteiger partial charge in [-0.3, -0.25) is 4.90 Å². The summed E-state index contributed by atoms with van der Waals surface area (Å²) in [5, 5.41) is 9.93. The lowest BCUT2D eigenvalue weighted by Gasteiger charge is -2.09. The van der Waals surface area contributed by atoms with Gasteiger partial charge in [0.2, 0.25) is 0 Å². The maximum Gasteiger partial charge on any atom is 0.175 e. The number of hydrogen-bond donors (Lipinski definition) is 1. The first-order chi connectivity index (χ1) is 6.63. The molecule has 0 saturated heterocycles. The van der Waals surface area contributed by atoms with Gasteiger partial charge in [0.25, 0.3) is 0 Å². The summed E-state index contributed by atoms with van der Waals surface area (Å²) >= 11 is 3.38. The fourth-order valence-corrected chi connectivity index (χ4v) is 2.46. The highest BCUT2D eigenvalue weighted by molar-refractivity contribution is 9.10. The van der Waals surface area contributed by atoms with Crippen LogP contribution in [0.2, 0.25) is 0 Å². The van der Waals surface area contributed by atoms with E-state index in [1.807, 2.05) is 13.1 Å². The molecule has 4 heteroatoms. The van der Waals surface area contributed by atoms with Crippen molar-refractivity contribution in [1.82, 2.24) is 4.90 Å². The molecule has 0 amide bonds. The number of ether oxygens (including phenoxy) is 1. The van der Waals surface area contributed by atoms with Gasteiger partial charge in [-0.2, -0.15) is 0 Å². The molecule has 1 aromatic rings. The minimum atomic E-state index is 0.265. The molecule has 1 aromatic carbocycles. The van der Waals surface area contributed by atoms with Crippen molar-refractivity contribution < 1.29 is 9.84 Å². The van der Waals surface area contributed by atoms with Gasteiger partial charge >= 0.3 is 0 Å². The van der Waals surface area contributed by atoms with Crippen LogP contribution in [0.5, 0.6) is 11.5 Å². The Kier molecular flexibility index (Phi) is 2.41. The molecule has 0 saturated carbocycles. The number of aromatic hydroxyl groups is 1. The lowest BCUT2D eigenvalue weighted by atomic mass is 10.1. The molecule has 14 heavy (non-hydrogen) atoms. The predicted molar refractivity (Wildman–Crippen MR) is 57.5 cm³/mol. The molecular formula is C10H12BrNO2. The maximum absolute atomic E-state index is 9.93. The third-order valence-corrected chi connectivity index (χ3v) is 3.07. The van der Waals surface area contributed by atoms with E-state index in [0.29, 0.717) is 5.75 Å². The van der Waals surface area contributed by atoms with Crippen LogP contribution < -0.4 is 4.74 Å². The second-order valence-corrected chi connectivity index (χ2v) is 4.40. The zero-order valence-corrected chi connectivity index (χ0v) is 9.76. The number of fused-ring (bicyclic) bond motifs is 1. The van der Waals surface area contributed by atoms with Crippen LogP contribution in [0.4, 0.5) is 0 Å². The summed E-state index contributed by atoms with van der Waals surface area (Å²) in [6.07, 6.45) is 0. The first-order valence-electron chi connectivity index (χ1n) is 4.39. The monoisotopic (exact) mass is 257 g/mol. The molecule has 0 bridgehead atoms. The highest BCUT2D eigenvalue weighted by Gasteiger charge is 2.23. The fourth-order valence-electron chi connectivity index (χ4n) is 1.84. The molecule has 1 N–H and O–H groups in total. The third-order valence-electron chi connectivity index (χ3n) is 2.48. The second-order valence-electron chi connectivity index (χ2n) is 3.55. The molecular weight excluding hydrogens is 246 g/mol. The van der Waals surface area contributed by atoms with E-state index < -0.39 is 0 Å². The largest absolute Gasteiger partial charge is 0.504 e. The Hall–Kier alpha value is -0.740. The first kappa shape index (κ1) is 9.80. The van der Waals surface area contributed by atoms with Crippen molar-refractivity contribution in [3.63, 3.8) is 0 Å². The molecule has 3 nitrogen and oxygen atoms in total. The lowest BCUT2D eigenvalue weighted by Crippen LogP contribution is -2.07. The number of rotatable bonds is 1. The van der Waals surface area contributed by atoms with Crippen LogP contribution in [0.3, 0.4) is 0 Å². The fraction of sp³-hybridized carbons (Fsp3) is 0.400. The number of halogens is 1. The smallest absolute Gasteiger partial charge is 0.175 e. The predicted octanol–water partition coefficient (Wildman–Crippen LogP) is 2.11. The molecule has 0 fully saturated rings. The Morgan fingerprint density at radius 3 is 2.86 bits per heavy atom. The topological polar surface area (TPSA) is 32.7 Å². The standard InChI is InChI=1S/C10H12BrNO2/c1-12-4-6-3-8(11)10(14-2)9(13)7(6)5-12/h3,13H,4-5H2,1-2H3. The molecule has 1 aliphatic heterocycles. The second kappa shape index (κ2) is 3.44. The van der Waals surface area contributed by atoms with E-state index >= 15 is 0 Å². The number of methoxy groups -OCH3 is 1. The van der Waals surface area contributed by atoms with E-state index in [9.17, 15) is 5.11 Å². The van der Waals surface area contributed by atoms with Crippen molar-refractivity contribution in [2.75, 3.05) is 14.2 Å². The molecule has 0 atom stereocenters. The van der Waals surface area contributed by atoms with Crippen molar-refractivity contribution in [2.45, 2.75) is 13.1 Å². The summed E-state index contributed by atoms with van der Waals surface area (Å²) in [6.45, 7) is 1.66. The van der Waals surface area contributed by atoms with E-state index in [1.54, 1.807) is 7.11 Å². The highest BCUT2D eigenvalue weighted by atomic mass is 79.9. The normalized spacial score (nSPS) is 15.6. The first-order valence-corrected chi connectivity index (χ1v) is 5.18. The van der Waals surface area contributed by atoms with Gasteiger partial charge in [0.15, 0.2) is 11.5 Å². The zero-order chi connectivity index (χ0) is 10.3. The van der Waals surface area contributed by atoms with Crippen molar-refractivity contribution in [2.24, 2.45) is 0 Å². The van der Waals surface area contributed by atoms with Gasteiger partial charge < -0.3 is 9.84 Å². The van der Waals surface area contributed by atoms with E-state index in [0.717, 1.165) is 28.7 Å². The van der Waals surface area contributed by atoms with Crippen LogP contribution >= 0.6 is 15.9 Å². The summed E-state index contributed by atoms with van der Waals surface area (Å²) in [4.78, 5) is 2.15. The Balaban J connectivity index is 2.57. The number of phenolic OH excluding ortho intramolecular Hbond substituents is 1. The van der Waals surface area contributed by atoms with E-state index in [4.69, 9.17) is 4.74 Å². The van der Waals surface area contributed by atoms with Gasteiger partial charge in [0.05, 0.1) is 11.6 Å². The van der Waals surface area contributed by atoms with E-state index in [2.05, 4.69) is 20.8 Å². The van der Waals surface area contributed by atoms with Gasteiger partial charge in [0, 0.05) is 18.7 Å². The summed E-state index contributed by atoms with van der Waals surface area (Å²) in [6, 6.07) is 2.01. The number of benzene rings is 1. The maximum atomic E-state index is 9.93. The lowest BCUT2D eigenvalue weighted by molar-refractivity contribution is 0.342. The van der Waals surface area contributed by atoms with Gasteiger partial charge in [-0.05, 0) is 34.6 Å². The molecule has 1 aliphatic rings. The Labute approximate surface area is 91.4 Å². The van der Waals surface area contributed by atoms with Crippen LogP contribution in [0, 0.1) is 0 Å². The molecule has 1 heterocycles. The molecule has 0 unspecified atom stereocenters. The molecule has 0 radical (unpaired) electrons. The minimum Gasteiger partial charge on any atom is -0.504 e. The van der Waals surface area contributed by atoms with Crippen LogP contribution in [-0.4, -0.2) is 24.2 Å². The van der Waals surface area contributed by atoms with E-state index in [-0.39, 0.29) is 5.75 Å². The van der Waals surface area contributed by atoms with Crippen molar-refractivity contribution in [3.05, 3.63) is 21.7 Å². The van der Waals surface area contributed by atoms with Gasteiger partial charge in [-0.15, -0.1) is 0 Å². The SMILES string of the molecule is COc1c(Br)cc2c(c1O)CN(C)C2. The summed E-state index contributed by atoms with van der Waals surface area (Å²) < 4.78 is 5.93. The number of nitrogens with zero attached hydrogens (tertiary/aromatic N) is 1. The third kappa shape index (κ3) is 1.38. The van der Waals surface area contributed by atoms with Crippen LogP contribution in [0.15, 0.2) is 10.5 Å². The van der Waals surface area contributed by atoms with E-state index in [1.165, 1.54) is 0 Å². The summed E-state index contributed by atoms with van der Waals surface area (Å²) in [7, 11) is 3.59. The molecule has 76 valence electrons.